The highest BCUT2D eigenvalue weighted by atomic mass is 32.1. The minimum atomic E-state index is -0.144. The lowest BCUT2D eigenvalue weighted by molar-refractivity contribution is -0.145. The first-order valence-electron chi connectivity index (χ1n) is 7.70. The van der Waals surface area contributed by atoms with Gasteiger partial charge in [-0.15, -0.1) is 11.3 Å². The van der Waals surface area contributed by atoms with Gasteiger partial charge in [-0.1, -0.05) is 12.8 Å². The molecule has 1 heterocycles. The van der Waals surface area contributed by atoms with Crippen molar-refractivity contribution < 1.29 is 9.53 Å². The van der Waals surface area contributed by atoms with Crippen LogP contribution in [0.25, 0.3) is 0 Å². The van der Waals surface area contributed by atoms with Gasteiger partial charge in [0, 0.05) is 10.9 Å². The molecule has 0 aromatic carbocycles. The summed E-state index contributed by atoms with van der Waals surface area (Å²) in [6.45, 7) is 2.30. The predicted octanol–water partition coefficient (Wildman–Crippen LogP) is 3.48. The number of aromatic nitrogens is 1. The lowest BCUT2D eigenvalue weighted by Gasteiger charge is -2.19. The summed E-state index contributed by atoms with van der Waals surface area (Å²) in [6.07, 6.45) is 8.09. The lowest BCUT2D eigenvalue weighted by atomic mass is 9.91. The number of fused-ring (bicyclic) bond motifs is 1. The summed E-state index contributed by atoms with van der Waals surface area (Å²) in [7, 11) is 0. The van der Waals surface area contributed by atoms with Gasteiger partial charge < -0.3 is 10.1 Å². The number of esters is 1. The zero-order valence-electron chi connectivity index (χ0n) is 12.0. The number of hydrogen-bond acceptors (Lipinski definition) is 5. The standard InChI is InChI=1S/C15H22N2O2S/c1-2-19-14(18)11-8-5-9-12-13(11)17-15(20-12)16-10-6-3-4-7-10/h10-11H,2-9H2,1H3,(H,16,17). The molecule has 5 heteroatoms. The smallest absolute Gasteiger partial charge is 0.315 e. The first kappa shape index (κ1) is 13.9. The highest BCUT2D eigenvalue weighted by Gasteiger charge is 2.31. The Labute approximate surface area is 123 Å². The van der Waals surface area contributed by atoms with Gasteiger partial charge >= 0.3 is 5.97 Å². The van der Waals surface area contributed by atoms with E-state index >= 15 is 0 Å². The molecule has 2 aliphatic rings. The fraction of sp³-hybridized carbons (Fsp3) is 0.733. The summed E-state index contributed by atoms with van der Waals surface area (Å²) in [4.78, 5) is 18.0. The third kappa shape index (κ3) is 2.82. The maximum absolute atomic E-state index is 12.0. The Morgan fingerprint density at radius 2 is 2.15 bits per heavy atom. The topological polar surface area (TPSA) is 51.2 Å². The third-order valence-corrected chi connectivity index (χ3v) is 5.27. The van der Waals surface area contributed by atoms with Crippen LogP contribution >= 0.6 is 11.3 Å². The summed E-state index contributed by atoms with van der Waals surface area (Å²) in [5, 5.41) is 4.54. The van der Waals surface area contributed by atoms with Gasteiger partial charge in [0.25, 0.3) is 0 Å². The second-order valence-corrected chi connectivity index (χ2v) is 6.73. The van der Waals surface area contributed by atoms with E-state index in [9.17, 15) is 4.79 Å². The van der Waals surface area contributed by atoms with Gasteiger partial charge in [-0.3, -0.25) is 4.79 Å². The van der Waals surface area contributed by atoms with Crippen LogP contribution in [0.3, 0.4) is 0 Å². The van der Waals surface area contributed by atoms with E-state index in [4.69, 9.17) is 9.72 Å². The van der Waals surface area contributed by atoms with Crippen LogP contribution in [0.1, 0.15) is 61.9 Å². The number of hydrogen-bond donors (Lipinski definition) is 1. The fourth-order valence-electron chi connectivity index (χ4n) is 3.20. The molecular weight excluding hydrogens is 272 g/mol. The molecule has 0 aliphatic heterocycles. The van der Waals surface area contributed by atoms with Crippen molar-refractivity contribution in [3.63, 3.8) is 0 Å². The lowest BCUT2D eigenvalue weighted by Crippen LogP contribution is -2.20. The molecule has 0 spiro atoms. The Hall–Kier alpha value is -1.10. The predicted molar refractivity (Wildman–Crippen MR) is 80.3 cm³/mol. The van der Waals surface area contributed by atoms with Gasteiger partial charge in [0.1, 0.15) is 5.92 Å². The van der Waals surface area contributed by atoms with Gasteiger partial charge in [0.2, 0.25) is 0 Å². The Morgan fingerprint density at radius 1 is 1.35 bits per heavy atom. The summed E-state index contributed by atoms with van der Waals surface area (Å²) < 4.78 is 5.19. The van der Waals surface area contributed by atoms with Crippen molar-refractivity contribution >= 4 is 22.4 Å². The van der Waals surface area contributed by atoms with E-state index in [-0.39, 0.29) is 11.9 Å². The molecular formula is C15H22N2O2S. The van der Waals surface area contributed by atoms with Gasteiger partial charge in [-0.05, 0) is 39.0 Å². The van der Waals surface area contributed by atoms with Crippen molar-refractivity contribution in [2.24, 2.45) is 0 Å². The van der Waals surface area contributed by atoms with E-state index in [1.807, 2.05) is 6.92 Å². The van der Waals surface area contributed by atoms with Crippen molar-refractivity contribution in [3.8, 4) is 0 Å². The molecule has 1 aromatic rings. The van der Waals surface area contributed by atoms with Crippen LogP contribution < -0.4 is 5.32 Å². The van der Waals surface area contributed by atoms with Crippen molar-refractivity contribution in [1.82, 2.24) is 4.98 Å². The highest BCUT2D eigenvalue weighted by molar-refractivity contribution is 7.15. The van der Waals surface area contributed by atoms with Gasteiger partial charge in [-0.2, -0.15) is 0 Å². The molecule has 1 atom stereocenters. The number of carbonyl (C=O) groups excluding carboxylic acids is 1. The van der Waals surface area contributed by atoms with Gasteiger partial charge in [0.05, 0.1) is 12.3 Å². The summed E-state index contributed by atoms with van der Waals surface area (Å²) in [6, 6.07) is 0.573. The molecule has 110 valence electrons. The van der Waals surface area contributed by atoms with Crippen LogP contribution in [-0.2, 0) is 16.0 Å². The first-order valence-corrected chi connectivity index (χ1v) is 8.52. The molecule has 1 aromatic heterocycles. The quantitative estimate of drug-likeness (QED) is 0.864. The number of ether oxygens (including phenoxy) is 1. The van der Waals surface area contributed by atoms with Crippen molar-refractivity contribution in [2.75, 3.05) is 11.9 Å². The summed E-state index contributed by atoms with van der Waals surface area (Å²) >= 11 is 1.73. The number of anilines is 1. The minimum absolute atomic E-state index is 0.105. The van der Waals surface area contributed by atoms with E-state index in [0.29, 0.717) is 12.6 Å². The average molecular weight is 294 g/mol. The highest BCUT2D eigenvalue weighted by Crippen LogP contribution is 2.38. The number of nitrogens with zero attached hydrogens (tertiary/aromatic N) is 1. The normalized spacial score (nSPS) is 22.6. The molecule has 20 heavy (non-hydrogen) atoms. The maximum Gasteiger partial charge on any atom is 0.315 e. The van der Waals surface area contributed by atoms with E-state index in [2.05, 4.69) is 5.32 Å². The molecule has 1 N–H and O–H groups in total. The zero-order chi connectivity index (χ0) is 13.9. The zero-order valence-corrected chi connectivity index (χ0v) is 12.8. The van der Waals surface area contributed by atoms with E-state index in [0.717, 1.165) is 30.1 Å². The Bertz CT molecular complexity index is 480. The third-order valence-electron chi connectivity index (χ3n) is 4.21. The number of carbonyl (C=O) groups is 1. The van der Waals surface area contributed by atoms with E-state index in [1.54, 1.807) is 11.3 Å². The van der Waals surface area contributed by atoms with Crippen LogP contribution in [-0.4, -0.2) is 23.6 Å². The monoisotopic (exact) mass is 294 g/mol. The van der Waals surface area contributed by atoms with Crippen molar-refractivity contribution in [2.45, 2.75) is 63.8 Å². The molecule has 1 unspecified atom stereocenters. The van der Waals surface area contributed by atoms with Crippen molar-refractivity contribution in [1.29, 1.82) is 0 Å². The summed E-state index contributed by atoms with van der Waals surface area (Å²) in [5.74, 6) is -0.250. The Morgan fingerprint density at radius 3 is 2.90 bits per heavy atom. The molecule has 0 radical (unpaired) electrons. The number of thiazole rings is 1. The van der Waals surface area contributed by atoms with Crippen LogP contribution in [0.5, 0.6) is 0 Å². The van der Waals surface area contributed by atoms with Gasteiger partial charge in [0.15, 0.2) is 5.13 Å². The fourth-order valence-corrected chi connectivity index (χ4v) is 4.34. The van der Waals surface area contributed by atoms with Crippen LogP contribution in [0, 0.1) is 0 Å². The molecule has 2 aliphatic carbocycles. The molecule has 3 rings (SSSR count). The van der Waals surface area contributed by atoms with Crippen molar-refractivity contribution in [3.05, 3.63) is 10.6 Å². The molecule has 0 amide bonds. The SMILES string of the molecule is CCOC(=O)C1CCCc2sc(NC3CCCC3)nc21. The molecule has 0 saturated heterocycles. The largest absolute Gasteiger partial charge is 0.465 e. The van der Waals surface area contributed by atoms with Crippen LogP contribution in [0.2, 0.25) is 0 Å². The number of rotatable bonds is 4. The molecule has 4 nitrogen and oxygen atoms in total. The van der Waals surface area contributed by atoms with E-state index in [1.165, 1.54) is 30.6 Å². The summed E-state index contributed by atoms with van der Waals surface area (Å²) in [5.41, 5.74) is 0.972. The number of nitrogens with one attached hydrogen (secondary N) is 1. The minimum Gasteiger partial charge on any atom is -0.465 e. The number of aryl methyl sites for hydroxylation is 1. The van der Waals surface area contributed by atoms with Gasteiger partial charge in [-0.25, -0.2) is 4.98 Å². The maximum atomic E-state index is 12.0. The second-order valence-electron chi connectivity index (χ2n) is 5.65. The Kier molecular flexibility index (Phi) is 4.24. The average Bonchev–Trinajstić information content (AvgIpc) is 3.07. The second kappa shape index (κ2) is 6.12. The molecule has 1 fully saturated rings. The molecule has 1 saturated carbocycles. The Balaban J connectivity index is 1.75. The first-order chi connectivity index (χ1) is 9.78. The van der Waals surface area contributed by atoms with E-state index < -0.39 is 0 Å². The van der Waals surface area contributed by atoms with Crippen LogP contribution in [0.4, 0.5) is 5.13 Å². The molecule has 0 bridgehead atoms. The van der Waals surface area contributed by atoms with Crippen LogP contribution in [0.15, 0.2) is 0 Å².